The van der Waals surface area contributed by atoms with E-state index in [1.54, 1.807) is 18.3 Å². The molecule has 0 aliphatic carbocycles. The normalized spacial score (nSPS) is 10.1. The topological polar surface area (TPSA) is 68.7 Å². The van der Waals surface area contributed by atoms with Crippen LogP contribution in [0.25, 0.3) is 0 Å². The largest absolute Gasteiger partial charge is 0.493 e. The van der Waals surface area contributed by atoms with E-state index in [1.807, 2.05) is 6.07 Å². The molecule has 0 saturated carbocycles. The molecule has 6 heteroatoms. The van der Waals surface area contributed by atoms with Crippen molar-refractivity contribution in [2.45, 2.75) is 6.61 Å². The number of carboxylic acid groups (broad SMARTS) is 1. The Balaban J connectivity index is 2.32. The van der Waals surface area contributed by atoms with Crippen molar-refractivity contribution in [1.82, 2.24) is 4.98 Å². The predicted molar refractivity (Wildman–Crippen MR) is 73.5 cm³/mol. The number of rotatable bonds is 5. The molecular formula is C14H12ClNO4. The number of pyridine rings is 1. The lowest BCUT2D eigenvalue weighted by Crippen LogP contribution is -2.06. The highest BCUT2D eigenvalue weighted by molar-refractivity contribution is 6.31. The molecule has 2 aromatic rings. The molecule has 20 heavy (non-hydrogen) atoms. The number of aromatic carboxylic acids is 1. The maximum atomic E-state index is 11.2. The van der Waals surface area contributed by atoms with Crippen LogP contribution in [0.15, 0.2) is 36.5 Å². The molecule has 0 amide bonds. The highest BCUT2D eigenvalue weighted by Gasteiger charge is 2.18. The van der Waals surface area contributed by atoms with Gasteiger partial charge in [0.25, 0.3) is 0 Å². The Kier molecular flexibility index (Phi) is 4.42. The van der Waals surface area contributed by atoms with Gasteiger partial charge >= 0.3 is 5.97 Å². The summed E-state index contributed by atoms with van der Waals surface area (Å²) in [5.74, 6) is -0.734. The second kappa shape index (κ2) is 6.25. The first kappa shape index (κ1) is 14.1. The number of benzene rings is 1. The highest BCUT2D eigenvalue weighted by atomic mass is 35.5. The second-order valence-corrected chi connectivity index (χ2v) is 4.34. The van der Waals surface area contributed by atoms with Crippen molar-refractivity contribution < 1.29 is 19.4 Å². The van der Waals surface area contributed by atoms with E-state index in [9.17, 15) is 9.90 Å². The summed E-state index contributed by atoms with van der Waals surface area (Å²) in [6.07, 6.45) is 1.63. The Morgan fingerprint density at radius 2 is 2.20 bits per heavy atom. The molecule has 0 saturated heterocycles. The van der Waals surface area contributed by atoms with Crippen molar-refractivity contribution in [3.05, 3.63) is 52.8 Å². The number of carboxylic acids is 1. The minimum absolute atomic E-state index is 0.0507. The number of aromatic nitrogens is 1. The van der Waals surface area contributed by atoms with Crippen molar-refractivity contribution in [2.75, 3.05) is 7.11 Å². The van der Waals surface area contributed by atoms with Gasteiger partial charge in [-0.2, -0.15) is 0 Å². The second-order valence-electron chi connectivity index (χ2n) is 3.90. The third-order valence-electron chi connectivity index (χ3n) is 2.56. The van der Waals surface area contributed by atoms with Gasteiger partial charge in [-0.05, 0) is 18.2 Å². The molecule has 2 rings (SSSR count). The van der Waals surface area contributed by atoms with Crippen LogP contribution in [0.5, 0.6) is 11.5 Å². The first-order valence-corrected chi connectivity index (χ1v) is 6.13. The number of halogens is 1. The van der Waals surface area contributed by atoms with Gasteiger partial charge in [-0.1, -0.05) is 17.7 Å². The number of nitrogens with zero attached hydrogens (tertiary/aromatic N) is 1. The summed E-state index contributed by atoms with van der Waals surface area (Å²) in [6.45, 7) is 0.138. The molecule has 0 fully saturated rings. The molecule has 1 aromatic heterocycles. The SMILES string of the molecule is COc1cc(Cl)cc(C(=O)O)c1OCc1ccccn1. The van der Waals surface area contributed by atoms with Crippen LogP contribution in [-0.4, -0.2) is 23.2 Å². The van der Waals surface area contributed by atoms with Gasteiger partial charge in [0, 0.05) is 17.3 Å². The molecule has 0 bridgehead atoms. The first-order valence-electron chi connectivity index (χ1n) is 5.75. The summed E-state index contributed by atoms with van der Waals surface area (Å²) < 4.78 is 10.6. The quantitative estimate of drug-likeness (QED) is 0.917. The number of ether oxygens (including phenoxy) is 2. The van der Waals surface area contributed by atoms with Gasteiger partial charge < -0.3 is 14.6 Å². The van der Waals surface area contributed by atoms with Crippen molar-refractivity contribution in [1.29, 1.82) is 0 Å². The van der Waals surface area contributed by atoms with Crippen LogP contribution in [-0.2, 0) is 6.61 Å². The average molecular weight is 294 g/mol. The molecule has 5 nitrogen and oxygen atoms in total. The highest BCUT2D eigenvalue weighted by Crippen LogP contribution is 2.35. The molecule has 0 atom stereocenters. The smallest absolute Gasteiger partial charge is 0.339 e. The fraction of sp³-hybridized carbons (Fsp3) is 0.143. The van der Waals surface area contributed by atoms with Crippen molar-refractivity contribution in [3.8, 4) is 11.5 Å². The minimum atomic E-state index is -1.14. The van der Waals surface area contributed by atoms with Crippen LogP contribution in [0.2, 0.25) is 5.02 Å². The fourth-order valence-corrected chi connectivity index (χ4v) is 1.87. The predicted octanol–water partition coefficient (Wildman–Crippen LogP) is 3.02. The van der Waals surface area contributed by atoms with Crippen molar-refractivity contribution >= 4 is 17.6 Å². The zero-order chi connectivity index (χ0) is 14.5. The van der Waals surface area contributed by atoms with E-state index in [-0.39, 0.29) is 28.7 Å². The Labute approximate surface area is 120 Å². The standard InChI is InChI=1S/C14H12ClNO4/c1-19-12-7-9(15)6-11(14(17)18)13(12)20-8-10-4-2-3-5-16-10/h2-7H,8H2,1H3,(H,17,18). The third-order valence-corrected chi connectivity index (χ3v) is 2.78. The van der Waals surface area contributed by atoms with Crippen molar-refractivity contribution in [2.24, 2.45) is 0 Å². The van der Waals surface area contributed by atoms with Gasteiger partial charge in [-0.3, -0.25) is 4.98 Å². The van der Waals surface area contributed by atoms with Crippen LogP contribution >= 0.6 is 11.6 Å². The summed E-state index contributed by atoms with van der Waals surface area (Å²) >= 11 is 5.85. The van der Waals surface area contributed by atoms with Gasteiger partial charge in [-0.25, -0.2) is 4.79 Å². The number of hydrogen-bond donors (Lipinski definition) is 1. The number of carbonyl (C=O) groups is 1. The summed E-state index contributed by atoms with van der Waals surface area (Å²) in [4.78, 5) is 15.3. The molecule has 0 unspecified atom stereocenters. The summed E-state index contributed by atoms with van der Waals surface area (Å²) in [6, 6.07) is 8.21. The summed E-state index contributed by atoms with van der Waals surface area (Å²) in [7, 11) is 1.42. The molecular weight excluding hydrogens is 282 g/mol. The third kappa shape index (κ3) is 3.19. The van der Waals surface area contributed by atoms with E-state index in [0.717, 1.165) is 0 Å². The lowest BCUT2D eigenvalue weighted by Gasteiger charge is -2.13. The van der Waals surface area contributed by atoms with E-state index < -0.39 is 5.97 Å². The molecule has 1 aromatic carbocycles. The minimum Gasteiger partial charge on any atom is -0.493 e. The lowest BCUT2D eigenvalue weighted by atomic mass is 10.2. The molecule has 0 aliphatic heterocycles. The Morgan fingerprint density at radius 1 is 1.40 bits per heavy atom. The molecule has 0 aliphatic rings. The number of methoxy groups -OCH3 is 1. The average Bonchev–Trinajstić information content (AvgIpc) is 2.46. The monoisotopic (exact) mass is 293 g/mol. The summed E-state index contributed by atoms with van der Waals surface area (Å²) in [5, 5.41) is 9.47. The van der Waals surface area contributed by atoms with Gasteiger partial charge in [0.2, 0.25) is 0 Å². The van der Waals surface area contributed by atoms with Crippen LogP contribution in [0, 0.1) is 0 Å². The van der Waals surface area contributed by atoms with Crippen LogP contribution in [0.3, 0.4) is 0 Å². The van der Waals surface area contributed by atoms with Gasteiger partial charge in [0.15, 0.2) is 11.5 Å². The zero-order valence-corrected chi connectivity index (χ0v) is 11.4. The van der Waals surface area contributed by atoms with E-state index in [4.69, 9.17) is 21.1 Å². The van der Waals surface area contributed by atoms with E-state index in [1.165, 1.54) is 19.2 Å². The fourth-order valence-electron chi connectivity index (χ4n) is 1.66. The van der Waals surface area contributed by atoms with Gasteiger partial charge in [0.1, 0.15) is 12.2 Å². The molecule has 104 valence electrons. The Hall–Kier alpha value is -2.27. The molecule has 1 N–H and O–H groups in total. The maximum absolute atomic E-state index is 11.2. The Bertz CT molecular complexity index is 616. The maximum Gasteiger partial charge on any atom is 0.339 e. The van der Waals surface area contributed by atoms with E-state index in [0.29, 0.717) is 5.69 Å². The molecule has 1 heterocycles. The first-order chi connectivity index (χ1) is 9.61. The zero-order valence-electron chi connectivity index (χ0n) is 10.7. The Morgan fingerprint density at radius 3 is 2.80 bits per heavy atom. The number of hydrogen-bond acceptors (Lipinski definition) is 4. The molecule has 0 radical (unpaired) electrons. The van der Waals surface area contributed by atoms with Gasteiger partial charge in [-0.15, -0.1) is 0 Å². The van der Waals surface area contributed by atoms with Crippen LogP contribution in [0.1, 0.15) is 16.1 Å². The van der Waals surface area contributed by atoms with E-state index >= 15 is 0 Å². The van der Waals surface area contributed by atoms with Crippen LogP contribution in [0.4, 0.5) is 0 Å². The lowest BCUT2D eigenvalue weighted by molar-refractivity contribution is 0.0690. The summed E-state index contributed by atoms with van der Waals surface area (Å²) in [5.41, 5.74) is 0.631. The van der Waals surface area contributed by atoms with Crippen LogP contribution < -0.4 is 9.47 Å². The van der Waals surface area contributed by atoms with Crippen molar-refractivity contribution in [3.63, 3.8) is 0 Å². The molecule has 0 spiro atoms. The van der Waals surface area contributed by atoms with Gasteiger partial charge in [0.05, 0.1) is 12.8 Å². The van der Waals surface area contributed by atoms with E-state index in [2.05, 4.69) is 4.98 Å².